The van der Waals surface area contributed by atoms with E-state index in [2.05, 4.69) is 10.1 Å². The summed E-state index contributed by atoms with van der Waals surface area (Å²) in [5.74, 6) is -0.220. The molecule has 0 aliphatic rings. The van der Waals surface area contributed by atoms with Gasteiger partial charge in [0.2, 0.25) is 0 Å². The number of fused-ring (bicyclic) bond motifs is 1. The smallest absolute Gasteiger partial charge is 0.254 e. The molecule has 2 rings (SSSR count). The SMILES string of the molecule is CC(/C(N)=N/O)N(C)C(=O)c1ccnc2ccccc12. The van der Waals surface area contributed by atoms with E-state index in [-0.39, 0.29) is 11.7 Å². The van der Waals surface area contributed by atoms with Gasteiger partial charge in [-0.05, 0) is 19.1 Å². The third-order valence-corrected chi connectivity index (χ3v) is 3.32. The van der Waals surface area contributed by atoms with Crippen LogP contribution in [0.4, 0.5) is 0 Å². The second kappa shape index (κ2) is 5.56. The van der Waals surface area contributed by atoms with Crippen molar-refractivity contribution in [2.75, 3.05) is 7.05 Å². The van der Waals surface area contributed by atoms with Crippen LogP contribution in [0.2, 0.25) is 0 Å². The summed E-state index contributed by atoms with van der Waals surface area (Å²) in [7, 11) is 1.61. The summed E-state index contributed by atoms with van der Waals surface area (Å²) in [4.78, 5) is 18.2. The maximum absolute atomic E-state index is 12.5. The van der Waals surface area contributed by atoms with Gasteiger partial charge in [0.1, 0.15) is 0 Å². The van der Waals surface area contributed by atoms with Crippen LogP contribution in [0.5, 0.6) is 0 Å². The molecule has 0 spiro atoms. The predicted molar refractivity (Wildman–Crippen MR) is 76.7 cm³/mol. The lowest BCUT2D eigenvalue weighted by Crippen LogP contribution is -2.43. The normalized spacial score (nSPS) is 13.2. The van der Waals surface area contributed by atoms with Gasteiger partial charge in [0, 0.05) is 18.6 Å². The van der Waals surface area contributed by atoms with E-state index < -0.39 is 6.04 Å². The average molecular weight is 272 g/mol. The molecule has 0 fully saturated rings. The molecule has 1 amide bonds. The van der Waals surface area contributed by atoms with Crippen LogP contribution < -0.4 is 5.73 Å². The van der Waals surface area contributed by atoms with Crippen LogP contribution in [0.25, 0.3) is 10.9 Å². The molecule has 20 heavy (non-hydrogen) atoms. The van der Waals surface area contributed by atoms with Gasteiger partial charge in [0.05, 0.1) is 17.1 Å². The van der Waals surface area contributed by atoms with Crippen LogP contribution in [0, 0.1) is 0 Å². The van der Waals surface area contributed by atoms with Crippen molar-refractivity contribution in [2.45, 2.75) is 13.0 Å². The Bertz CT molecular complexity index is 664. The fourth-order valence-corrected chi connectivity index (χ4v) is 1.93. The van der Waals surface area contributed by atoms with Crippen LogP contribution in [0.3, 0.4) is 0 Å². The van der Waals surface area contributed by atoms with E-state index in [0.717, 1.165) is 10.9 Å². The Labute approximate surface area is 116 Å². The highest BCUT2D eigenvalue weighted by atomic mass is 16.4. The van der Waals surface area contributed by atoms with Crippen molar-refractivity contribution < 1.29 is 10.0 Å². The Morgan fingerprint density at radius 3 is 2.80 bits per heavy atom. The summed E-state index contributed by atoms with van der Waals surface area (Å²) in [5, 5.41) is 12.4. The fraction of sp³-hybridized carbons (Fsp3) is 0.214. The van der Waals surface area contributed by atoms with Gasteiger partial charge in [-0.1, -0.05) is 23.4 Å². The minimum Gasteiger partial charge on any atom is -0.409 e. The number of likely N-dealkylation sites (N-methyl/N-ethyl adjacent to an activating group) is 1. The van der Waals surface area contributed by atoms with Crippen molar-refractivity contribution in [3.63, 3.8) is 0 Å². The lowest BCUT2D eigenvalue weighted by atomic mass is 10.1. The standard InChI is InChI=1S/C14H16N4O2/c1-9(13(15)17-20)18(2)14(19)11-7-8-16-12-6-4-3-5-10(11)12/h3-9,20H,1-2H3,(H2,15,17). The Morgan fingerprint density at radius 2 is 2.10 bits per heavy atom. The lowest BCUT2D eigenvalue weighted by molar-refractivity contribution is 0.0778. The zero-order valence-electron chi connectivity index (χ0n) is 11.3. The van der Waals surface area contributed by atoms with E-state index in [1.54, 1.807) is 26.2 Å². The van der Waals surface area contributed by atoms with Gasteiger partial charge in [0.15, 0.2) is 5.84 Å². The van der Waals surface area contributed by atoms with Gasteiger partial charge in [0.25, 0.3) is 5.91 Å². The second-order valence-corrected chi connectivity index (χ2v) is 4.49. The van der Waals surface area contributed by atoms with E-state index in [9.17, 15) is 4.79 Å². The highest BCUT2D eigenvalue weighted by Gasteiger charge is 2.22. The maximum Gasteiger partial charge on any atom is 0.254 e. The van der Waals surface area contributed by atoms with Crippen molar-refractivity contribution in [1.82, 2.24) is 9.88 Å². The summed E-state index contributed by atoms with van der Waals surface area (Å²) < 4.78 is 0. The minimum atomic E-state index is -0.501. The number of nitrogens with zero attached hydrogens (tertiary/aromatic N) is 3. The number of carbonyl (C=O) groups excluding carboxylic acids is 1. The summed E-state index contributed by atoms with van der Waals surface area (Å²) in [6, 6.07) is 8.58. The molecule has 104 valence electrons. The Hall–Kier alpha value is -2.63. The Morgan fingerprint density at radius 1 is 1.40 bits per heavy atom. The first kappa shape index (κ1) is 13.8. The number of rotatable bonds is 3. The molecule has 1 heterocycles. The van der Waals surface area contributed by atoms with E-state index in [1.165, 1.54) is 4.90 Å². The molecule has 6 nitrogen and oxygen atoms in total. The van der Waals surface area contributed by atoms with Gasteiger partial charge >= 0.3 is 0 Å². The van der Waals surface area contributed by atoms with Crippen molar-refractivity contribution in [1.29, 1.82) is 0 Å². The number of aromatic nitrogens is 1. The van der Waals surface area contributed by atoms with Crippen LogP contribution >= 0.6 is 0 Å². The summed E-state index contributed by atoms with van der Waals surface area (Å²) in [5.41, 5.74) is 6.83. The molecule has 1 unspecified atom stereocenters. The first-order valence-corrected chi connectivity index (χ1v) is 6.14. The molecule has 1 aromatic carbocycles. The maximum atomic E-state index is 12.5. The molecule has 0 aliphatic carbocycles. The third kappa shape index (κ3) is 2.40. The molecule has 0 bridgehead atoms. The van der Waals surface area contributed by atoms with Crippen molar-refractivity contribution in [2.24, 2.45) is 10.9 Å². The number of benzene rings is 1. The lowest BCUT2D eigenvalue weighted by Gasteiger charge is -2.24. The number of hydrogen-bond acceptors (Lipinski definition) is 4. The molecular formula is C14H16N4O2. The molecule has 6 heteroatoms. The molecular weight excluding hydrogens is 256 g/mol. The van der Waals surface area contributed by atoms with Crippen LogP contribution in [0.15, 0.2) is 41.7 Å². The van der Waals surface area contributed by atoms with E-state index in [0.29, 0.717) is 5.56 Å². The van der Waals surface area contributed by atoms with Gasteiger partial charge in [-0.15, -0.1) is 0 Å². The Balaban J connectivity index is 2.41. The minimum absolute atomic E-state index is 0.0146. The highest BCUT2D eigenvalue weighted by Crippen LogP contribution is 2.18. The van der Waals surface area contributed by atoms with E-state index >= 15 is 0 Å². The molecule has 1 aromatic heterocycles. The van der Waals surface area contributed by atoms with Crippen molar-refractivity contribution in [3.8, 4) is 0 Å². The number of amidine groups is 1. The number of oxime groups is 1. The zero-order chi connectivity index (χ0) is 14.7. The molecule has 0 aliphatic heterocycles. The summed E-state index contributed by atoms with van der Waals surface area (Å²) in [6.45, 7) is 1.69. The monoisotopic (exact) mass is 272 g/mol. The number of amides is 1. The topological polar surface area (TPSA) is 91.8 Å². The van der Waals surface area contributed by atoms with Crippen molar-refractivity contribution >= 4 is 22.6 Å². The summed E-state index contributed by atoms with van der Waals surface area (Å²) >= 11 is 0. The first-order chi connectivity index (χ1) is 9.56. The highest BCUT2D eigenvalue weighted by molar-refractivity contribution is 6.07. The molecule has 0 saturated carbocycles. The second-order valence-electron chi connectivity index (χ2n) is 4.49. The molecule has 2 aromatic rings. The average Bonchev–Trinajstić information content (AvgIpc) is 2.51. The predicted octanol–water partition coefficient (Wildman–Crippen LogP) is 1.44. The quantitative estimate of drug-likeness (QED) is 0.383. The van der Waals surface area contributed by atoms with E-state index in [1.807, 2.05) is 24.3 Å². The largest absolute Gasteiger partial charge is 0.409 e. The Kier molecular flexibility index (Phi) is 3.84. The van der Waals surface area contributed by atoms with Gasteiger partial charge < -0.3 is 15.8 Å². The van der Waals surface area contributed by atoms with Gasteiger partial charge in [-0.25, -0.2) is 0 Å². The fourth-order valence-electron chi connectivity index (χ4n) is 1.93. The molecule has 0 saturated heterocycles. The van der Waals surface area contributed by atoms with E-state index in [4.69, 9.17) is 10.9 Å². The molecule has 1 atom stereocenters. The van der Waals surface area contributed by atoms with Crippen molar-refractivity contribution in [3.05, 3.63) is 42.1 Å². The molecule has 3 N–H and O–H groups in total. The molecule has 0 radical (unpaired) electrons. The number of hydrogen-bond donors (Lipinski definition) is 2. The number of para-hydroxylation sites is 1. The van der Waals surface area contributed by atoms with Crippen LogP contribution in [0.1, 0.15) is 17.3 Å². The number of pyridine rings is 1. The van der Waals surface area contributed by atoms with Crippen LogP contribution in [-0.4, -0.2) is 39.9 Å². The van der Waals surface area contributed by atoms with Gasteiger partial charge in [-0.3, -0.25) is 9.78 Å². The first-order valence-electron chi connectivity index (χ1n) is 6.14. The number of carbonyl (C=O) groups is 1. The van der Waals surface area contributed by atoms with Crippen LogP contribution in [-0.2, 0) is 0 Å². The number of nitrogens with two attached hydrogens (primary N) is 1. The third-order valence-electron chi connectivity index (χ3n) is 3.32. The summed E-state index contributed by atoms with van der Waals surface area (Å²) in [6.07, 6.45) is 1.59. The zero-order valence-corrected chi connectivity index (χ0v) is 11.3. The van der Waals surface area contributed by atoms with Gasteiger partial charge in [-0.2, -0.15) is 0 Å².